The van der Waals surface area contributed by atoms with Crippen LogP contribution in [0.2, 0.25) is 0 Å². The minimum atomic E-state index is -0.793. The lowest BCUT2D eigenvalue weighted by Crippen LogP contribution is -2.48. The van der Waals surface area contributed by atoms with E-state index in [4.69, 9.17) is 5.11 Å². The summed E-state index contributed by atoms with van der Waals surface area (Å²) in [5.41, 5.74) is -0.290. The second-order valence-electron chi connectivity index (χ2n) is 6.40. The van der Waals surface area contributed by atoms with Crippen molar-refractivity contribution in [2.75, 3.05) is 26.2 Å². The minimum Gasteiger partial charge on any atom is -0.481 e. The summed E-state index contributed by atoms with van der Waals surface area (Å²) in [5, 5.41) is 14.5. The highest BCUT2D eigenvalue weighted by atomic mass is 16.4. The third kappa shape index (κ3) is 6.57. The van der Waals surface area contributed by atoms with Crippen LogP contribution in [0.3, 0.4) is 0 Å². The molecule has 7 nitrogen and oxygen atoms in total. The highest BCUT2D eigenvalue weighted by molar-refractivity contribution is 5.81. The van der Waals surface area contributed by atoms with Gasteiger partial charge in [-0.2, -0.15) is 0 Å². The molecule has 0 aliphatic carbocycles. The molecule has 0 atom stereocenters. The van der Waals surface area contributed by atoms with Crippen molar-refractivity contribution in [3.8, 4) is 0 Å². The zero-order valence-electron chi connectivity index (χ0n) is 12.9. The number of carbonyl (C=O) groups is 3. The first-order valence-electron chi connectivity index (χ1n) is 7.21. The van der Waals surface area contributed by atoms with Gasteiger partial charge in [-0.15, -0.1) is 0 Å². The molecule has 0 aromatic rings. The van der Waals surface area contributed by atoms with E-state index in [0.717, 1.165) is 0 Å². The SMILES string of the molecule is CC(C)(C)NC(=O)CNCC(=O)N1CCC(C(=O)O)CC1. The fraction of sp³-hybridized carbons (Fsp3) is 0.786. The molecule has 2 amide bonds. The van der Waals surface area contributed by atoms with Crippen LogP contribution in [0.5, 0.6) is 0 Å². The van der Waals surface area contributed by atoms with Gasteiger partial charge in [-0.3, -0.25) is 19.7 Å². The minimum absolute atomic E-state index is 0.0919. The molecule has 0 unspecified atom stereocenters. The maximum absolute atomic E-state index is 11.9. The van der Waals surface area contributed by atoms with Crippen molar-refractivity contribution in [1.29, 1.82) is 0 Å². The number of piperidine rings is 1. The molecular formula is C14H25N3O4. The van der Waals surface area contributed by atoms with Gasteiger partial charge in [0, 0.05) is 18.6 Å². The van der Waals surface area contributed by atoms with Crippen LogP contribution in [0.4, 0.5) is 0 Å². The number of aliphatic carboxylic acids is 1. The van der Waals surface area contributed by atoms with Crippen molar-refractivity contribution in [3.63, 3.8) is 0 Å². The smallest absolute Gasteiger partial charge is 0.306 e. The number of rotatable bonds is 5. The zero-order chi connectivity index (χ0) is 16.0. The molecule has 7 heteroatoms. The van der Waals surface area contributed by atoms with E-state index < -0.39 is 5.97 Å². The molecule has 21 heavy (non-hydrogen) atoms. The summed E-state index contributed by atoms with van der Waals surface area (Å²) in [6.45, 7) is 6.79. The Bertz CT molecular complexity index is 396. The molecule has 120 valence electrons. The van der Waals surface area contributed by atoms with E-state index in [1.165, 1.54) is 0 Å². The molecule has 1 saturated heterocycles. The topological polar surface area (TPSA) is 98.7 Å². The summed E-state index contributed by atoms with van der Waals surface area (Å²) >= 11 is 0. The molecule has 1 rings (SSSR count). The van der Waals surface area contributed by atoms with Crippen LogP contribution >= 0.6 is 0 Å². The quantitative estimate of drug-likeness (QED) is 0.654. The van der Waals surface area contributed by atoms with Gasteiger partial charge in [0.15, 0.2) is 0 Å². The Morgan fingerprint density at radius 1 is 1.14 bits per heavy atom. The maximum Gasteiger partial charge on any atom is 0.306 e. The van der Waals surface area contributed by atoms with Gasteiger partial charge in [-0.1, -0.05) is 0 Å². The van der Waals surface area contributed by atoms with Crippen molar-refractivity contribution >= 4 is 17.8 Å². The number of nitrogens with zero attached hydrogens (tertiary/aromatic N) is 1. The van der Waals surface area contributed by atoms with Gasteiger partial charge in [0.05, 0.1) is 19.0 Å². The fourth-order valence-corrected chi connectivity index (χ4v) is 2.23. The van der Waals surface area contributed by atoms with Gasteiger partial charge in [0.1, 0.15) is 0 Å². The van der Waals surface area contributed by atoms with Crippen molar-refractivity contribution in [2.45, 2.75) is 39.2 Å². The first-order chi connectivity index (χ1) is 9.69. The Hall–Kier alpha value is -1.63. The van der Waals surface area contributed by atoms with Crippen molar-refractivity contribution in [3.05, 3.63) is 0 Å². The van der Waals surface area contributed by atoms with E-state index in [1.807, 2.05) is 20.8 Å². The van der Waals surface area contributed by atoms with E-state index in [2.05, 4.69) is 10.6 Å². The van der Waals surface area contributed by atoms with E-state index in [9.17, 15) is 14.4 Å². The summed E-state index contributed by atoms with van der Waals surface area (Å²) < 4.78 is 0. The van der Waals surface area contributed by atoms with Gasteiger partial charge in [-0.25, -0.2) is 0 Å². The third-order valence-electron chi connectivity index (χ3n) is 3.27. The Morgan fingerprint density at radius 2 is 1.71 bits per heavy atom. The molecule has 3 N–H and O–H groups in total. The third-order valence-corrected chi connectivity index (χ3v) is 3.27. The summed E-state index contributed by atoms with van der Waals surface area (Å²) in [6, 6.07) is 0. The normalized spacial score (nSPS) is 16.6. The highest BCUT2D eigenvalue weighted by Crippen LogP contribution is 2.16. The van der Waals surface area contributed by atoms with Crippen LogP contribution in [0, 0.1) is 5.92 Å². The molecule has 0 aromatic carbocycles. The first kappa shape index (κ1) is 17.4. The van der Waals surface area contributed by atoms with Crippen molar-refractivity contribution < 1.29 is 19.5 Å². The van der Waals surface area contributed by atoms with E-state index in [-0.39, 0.29) is 36.4 Å². The summed E-state index contributed by atoms with van der Waals surface area (Å²) in [7, 11) is 0. The predicted molar refractivity (Wildman–Crippen MR) is 77.7 cm³/mol. The van der Waals surface area contributed by atoms with Gasteiger partial charge >= 0.3 is 5.97 Å². The molecular weight excluding hydrogens is 274 g/mol. The van der Waals surface area contributed by atoms with Crippen LogP contribution in [0.15, 0.2) is 0 Å². The van der Waals surface area contributed by atoms with Crippen LogP contribution in [-0.4, -0.2) is 59.5 Å². The van der Waals surface area contributed by atoms with Gasteiger partial charge in [0.25, 0.3) is 0 Å². The monoisotopic (exact) mass is 299 g/mol. The lowest BCUT2D eigenvalue weighted by Gasteiger charge is -2.30. The van der Waals surface area contributed by atoms with Crippen LogP contribution in [0.25, 0.3) is 0 Å². The van der Waals surface area contributed by atoms with Gasteiger partial charge < -0.3 is 15.3 Å². The second-order valence-corrected chi connectivity index (χ2v) is 6.40. The first-order valence-corrected chi connectivity index (χ1v) is 7.21. The standard InChI is InChI=1S/C14H25N3O4/c1-14(2,3)16-11(18)8-15-9-12(19)17-6-4-10(5-7-17)13(20)21/h10,15H,4-9H2,1-3H3,(H,16,18)(H,20,21). The van der Waals surface area contributed by atoms with Crippen LogP contribution in [-0.2, 0) is 14.4 Å². The zero-order valence-corrected chi connectivity index (χ0v) is 12.9. The van der Waals surface area contributed by atoms with E-state index in [1.54, 1.807) is 4.90 Å². The predicted octanol–water partition coefficient (Wildman–Crippen LogP) is -0.186. The number of carbonyl (C=O) groups excluding carboxylic acids is 2. The second kappa shape index (κ2) is 7.40. The molecule has 1 heterocycles. The van der Waals surface area contributed by atoms with Crippen LogP contribution < -0.4 is 10.6 Å². The summed E-state index contributed by atoms with van der Waals surface area (Å²) in [6.07, 6.45) is 0.983. The number of carboxylic acid groups (broad SMARTS) is 1. The number of amides is 2. The Balaban J connectivity index is 2.23. The van der Waals surface area contributed by atoms with Gasteiger partial charge in [0.2, 0.25) is 11.8 Å². The maximum atomic E-state index is 11.9. The van der Waals surface area contributed by atoms with Gasteiger partial charge in [-0.05, 0) is 33.6 Å². The molecule has 0 saturated carbocycles. The number of hydrogen-bond donors (Lipinski definition) is 3. The molecule has 0 aromatic heterocycles. The highest BCUT2D eigenvalue weighted by Gasteiger charge is 2.26. The lowest BCUT2D eigenvalue weighted by molar-refractivity contribution is -0.145. The van der Waals surface area contributed by atoms with E-state index in [0.29, 0.717) is 25.9 Å². The Kier molecular flexibility index (Phi) is 6.14. The van der Waals surface area contributed by atoms with Crippen molar-refractivity contribution in [1.82, 2.24) is 15.5 Å². The number of likely N-dealkylation sites (tertiary alicyclic amines) is 1. The molecule has 0 radical (unpaired) electrons. The average Bonchev–Trinajstić information content (AvgIpc) is 2.36. The molecule has 1 aliphatic heterocycles. The molecule has 1 fully saturated rings. The Morgan fingerprint density at radius 3 is 2.19 bits per heavy atom. The molecule has 1 aliphatic rings. The van der Waals surface area contributed by atoms with Crippen molar-refractivity contribution in [2.24, 2.45) is 5.92 Å². The van der Waals surface area contributed by atoms with Crippen LogP contribution in [0.1, 0.15) is 33.6 Å². The number of carboxylic acids is 1. The largest absolute Gasteiger partial charge is 0.481 e. The fourth-order valence-electron chi connectivity index (χ4n) is 2.23. The Labute approximate surface area is 125 Å². The average molecular weight is 299 g/mol. The lowest BCUT2D eigenvalue weighted by atomic mass is 9.97. The van der Waals surface area contributed by atoms with E-state index >= 15 is 0 Å². The molecule has 0 spiro atoms. The number of hydrogen-bond acceptors (Lipinski definition) is 4. The number of nitrogens with one attached hydrogen (secondary N) is 2. The summed E-state index contributed by atoms with van der Waals surface area (Å²) in [5.74, 6) is -1.39. The summed E-state index contributed by atoms with van der Waals surface area (Å²) in [4.78, 5) is 36.0. The molecule has 0 bridgehead atoms.